The van der Waals surface area contributed by atoms with Crippen LogP contribution in [-0.2, 0) is 13.1 Å². The van der Waals surface area contributed by atoms with Crippen molar-refractivity contribution in [2.75, 3.05) is 13.0 Å². The zero-order valence-electron chi connectivity index (χ0n) is 12.8. The lowest BCUT2D eigenvalue weighted by atomic mass is 10.2. The monoisotopic (exact) mass is 346 g/mol. The van der Waals surface area contributed by atoms with E-state index in [-0.39, 0.29) is 0 Å². The van der Waals surface area contributed by atoms with Crippen molar-refractivity contribution >= 4 is 29.1 Å². The Hall–Kier alpha value is -1.92. The van der Waals surface area contributed by atoms with Gasteiger partial charge in [0.25, 0.3) is 0 Å². The van der Waals surface area contributed by atoms with Crippen molar-refractivity contribution in [1.82, 2.24) is 10.6 Å². The molecule has 0 bridgehead atoms. The third kappa shape index (κ3) is 4.30. The largest absolute Gasteiger partial charge is 0.454 e. The van der Waals surface area contributed by atoms with Crippen LogP contribution >= 0.6 is 24.0 Å². The zero-order chi connectivity index (χ0) is 16.1. The molecule has 2 N–H and O–H groups in total. The molecule has 120 valence electrons. The van der Waals surface area contributed by atoms with Gasteiger partial charge in [-0.2, -0.15) is 0 Å². The van der Waals surface area contributed by atoms with Crippen LogP contribution in [-0.4, -0.2) is 18.2 Å². The Balaban J connectivity index is 1.45. The molecule has 3 rings (SSSR count). The van der Waals surface area contributed by atoms with Crippen molar-refractivity contribution in [3.8, 4) is 11.5 Å². The highest BCUT2D eigenvalue weighted by molar-refractivity contribution is 7.98. The Morgan fingerprint density at radius 3 is 2.39 bits per heavy atom. The summed E-state index contributed by atoms with van der Waals surface area (Å²) in [7, 11) is 0. The Bertz CT molecular complexity index is 689. The van der Waals surface area contributed by atoms with E-state index in [1.54, 1.807) is 11.8 Å². The Morgan fingerprint density at radius 2 is 1.65 bits per heavy atom. The van der Waals surface area contributed by atoms with Crippen molar-refractivity contribution in [3.05, 3.63) is 53.6 Å². The second-order valence-corrected chi connectivity index (χ2v) is 6.36. The average molecular weight is 346 g/mol. The fraction of sp³-hybridized carbons (Fsp3) is 0.235. The zero-order valence-corrected chi connectivity index (χ0v) is 14.4. The van der Waals surface area contributed by atoms with Crippen LogP contribution in [0, 0.1) is 0 Å². The molecule has 1 aliphatic rings. The maximum absolute atomic E-state index is 5.37. The molecule has 0 aromatic heterocycles. The first-order valence-corrected chi connectivity index (χ1v) is 8.91. The lowest BCUT2D eigenvalue weighted by Crippen LogP contribution is -2.34. The predicted octanol–water partition coefficient (Wildman–Crippen LogP) is 3.30. The Labute approximate surface area is 145 Å². The third-order valence-corrected chi connectivity index (χ3v) is 4.53. The van der Waals surface area contributed by atoms with Gasteiger partial charge in [0, 0.05) is 18.0 Å². The molecule has 0 radical (unpaired) electrons. The lowest BCUT2D eigenvalue weighted by molar-refractivity contribution is 0.174. The molecule has 23 heavy (non-hydrogen) atoms. The van der Waals surface area contributed by atoms with Gasteiger partial charge in [-0.3, -0.25) is 0 Å². The highest BCUT2D eigenvalue weighted by atomic mass is 32.2. The van der Waals surface area contributed by atoms with E-state index in [4.69, 9.17) is 21.7 Å². The summed E-state index contributed by atoms with van der Waals surface area (Å²) in [4.78, 5) is 1.26. The highest BCUT2D eigenvalue weighted by Crippen LogP contribution is 2.32. The maximum atomic E-state index is 5.37. The number of benzene rings is 2. The van der Waals surface area contributed by atoms with Crippen LogP contribution in [0.3, 0.4) is 0 Å². The quantitative estimate of drug-likeness (QED) is 0.640. The van der Waals surface area contributed by atoms with Crippen LogP contribution in [0.2, 0.25) is 0 Å². The van der Waals surface area contributed by atoms with E-state index in [0.29, 0.717) is 25.0 Å². The molecule has 6 heteroatoms. The van der Waals surface area contributed by atoms with Crippen LogP contribution in [0.15, 0.2) is 47.4 Å². The van der Waals surface area contributed by atoms with Gasteiger partial charge in [0.15, 0.2) is 16.6 Å². The van der Waals surface area contributed by atoms with Gasteiger partial charge in [-0.15, -0.1) is 11.8 Å². The fourth-order valence-electron chi connectivity index (χ4n) is 2.22. The standard InChI is InChI=1S/C17H18N2O2S2/c1-23-14-5-2-12(3-6-14)9-18-17(22)19-10-13-4-7-15-16(8-13)21-11-20-15/h2-8H,9-11H2,1H3,(H2,18,19,22). The number of rotatable bonds is 5. The molecule has 1 heterocycles. The van der Waals surface area contributed by atoms with Gasteiger partial charge in [0.1, 0.15) is 0 Å². The van der Waals surface area contributed by atoms with Crippen LogP contribution in [0.1, 0.15) is 11.1 Å². The van der Waals surface area contributed by atoms with Gasteiger partial charge in [-0.1, -0.05) is 18.2 Å². The summed E-state index contributed by atoms with van der Waals surface area (Å²) >= 11 is 7.06. The summed E-state index contributed by atoms with van der Waals surface area (Å²) in [5, 5.41) is 7.06. The number of hydrogen-bond acceptors (Lipinski definition) is 4. The van der Waals surface area contributed by atoms with E-state index in [1.807, 2.05) is 18.2 Å². The number of nitrogens with one attached hydrogen (secondary N) is 2. The molecule has 0 fully saturated rings. The number of thiocarbonyl (C=S) groups is 1. The second kappa shape index (κ2) is 7.57. The average Bonchev–Trinajstić information content (AvgIpc) is 3.06. The topological polar surface area (TPSA) is 42.5 Å². The molecule has 0 unspecified atom stereocenters. The molecule has 2 aromatic rings. The summed E-state index contributed by atoms with van der Waals surface area (Å²) in [6.07, 6.45) is 2.07. The Morgan fingerprint density at radius 1 is 1.00 bits per heavy atom. The van der Waals surface area contributed by atoms with E-state index in [0.717, 1.165) is 17.1 Å². The van der Waals surface area contributed by atoms with Gasteiger partial charge < -0.3 is 20.1 Å². The molecule has 1 aliphatic heterocycles. The normalized spacial score (nSPS) is 12.0. The van der Waals surface area contributed by atoms with Crippen molar-refractivity contribution < 1.29 is 9.47 Å². The first kappa shape index (κ1) is 16.0. The molecular weight excluding hydrogens is 328 g/mol. The molecule has 0 saturated carbocycles. The van der Waals surface area contributed by atoms with Gasteiger partial charge in [-0.25, -0.2) is 0 Å². The van der Waals surface area contributed by atoms with Gasteiger partial charge >= 0.3 is 0 Å². The maximum Gasteiger partial charge on any atom is 0.231 e. The van der Waals surface area contributed by atoms with Gasteiger partial charge in [-0.05, 0) is 53.9 Å². The van der Waals surface area contributed by atoms with E-state index >= 15 is 0 Å². The van der Waals surface area contributed by atoms with Crippen molar-refractivity contribution in [2.24, 2.45) is 0 Å². The second-order valence-electron chi connectivity index (χ2n) is 5.07. The molecule has 0 saturated heterocycles. The number of thioether (sulfide) groups is 1. The Kier molecular flexibility index (Phi) is 5.25. The van der Waals surface area contributed by atoms with Crippen LogP contribution in [0.5, 0.6) is 11.5 Å². The molecule has 0 amide bonds. The fourth-order valence-corrected chi connectivity index (χ4v) is 2.77. The van der Waals surface area contributed by atoms with E-state index in [1.165, 1.54) is 10.5 Å². The minimum absolute atomic E-state index is 0.293. The lowest BCUT2D eigenvalue weighted by Gasteiger charge is -2.11. The van der Waals surface area contributed by atoms with E-state index in [2.05, 4.69) is 41.2 Å². The summed E-state index contributed by atoms with van der Waals surface area (Å²) in [6, 6.07) is 14.3. The summed E-state index contributed by atoms with van der Waals surface area (Å²) in [6.45, 7) is 1.65. The number of ether oxygens (including phenoxy) is 2. The van der Waals surface area contributed by atoms with Gasteiger partial charge in [0.2, 0.25) is 6.79 Å². The van der Waals surface area contributed by atoms with E-state index < -0.39 is 0 Å². The smallest absolute Gasteiger partial charge is 0.231 e. The number of fused-ring (bicyclic) bond motifs is 1. The minimum Gasteiger partial charge on any atom is -0.454 e. The molecule has 0 aliphatic carbocycles. The SMILES string of the molecule is CSc1ccc(CNC(=S)NCc2ccc3c(c2)OCO3)cc1. The molecular formula is C17H18N2O2S2. The van der Waals surface area contributed by atoms with Crippen LogP contribution in [0.4, 0.5) is 0 Å². The summed E-state index contributed by atoms with van der Waals surface area (Å²) in [5.41, 5.74) is 2.30. The summed E-state index contributed by atoms with van der Waals surface area (Å²) in [5.74, 6) is 1.58. The van der Waals surface area contributed by atoms with Crippen molar-refractivity contribution in [1.29, 1.82) is 0 Å². The minimum atomic E-state index is 0.293. The van der Waals surface area contributed by atoms with Crippen LogP contribution in [0.25, 0.3) is 0 Å². The molecule has 4 nitrogen and oxygen atoms in total. The molecule has 0 atom stereocenters. The molecule has 0 spiro atoms. The van der Waals surface area contributed by atoms with Crippen molar-refractivity contribution in [2.45, 2.75) is 18.0 Å². The molecule has 2 aromatic carbocycles. The highest BCUT2D eigenvalue weighted by Gasteiger charge is 2.12. The van der Waals surface area contributed by atoms with Gasteiger partial charge in [0.05, 0.1) is 0 Å². The number of hydrogen-bond donors (Lipinski definition) is 2. The van der Waals surface area contributed by atoms with E-state index in [9.17, 15) is 0 Å². The predicted molar refractivity (Wildman–Crippen MR) is 97.1 cm³/mol. The third-order valence-electron chi connectivity index (χ3n) is 3.50. The summed E-state index contributed by atoms with van der Waals surface area (Å²) < 4.78 is 10.7. The first-order valence-electron chi connectivity index (χ1n) is 7.28. The first-order chi connectivity index (χ1) is 11.2. The van der Waals surface area contributed by atoms with Crippen molar-refractivity contribution in [3.63, 3.8) is 0 Å². The van der Waals surface area contributed by atoms with Crippen LogP contribution < -0.4 is 20.1 Å².